The monoisotopic (exact) mass is 259 g/mol. The topological polar surface area (TPSA) is 55.6 Å². The first-order valence-electron chi connectivity index (χ1n) is 6.91. The third kappa shape index (κ3) is 3.61. The molecule has 5 heteroatoms. The van der Waals surface area contributed by atoms with Crippen molar-refractivity contribution in [3.05, 3.63) is 36.2 Å². The van der Waals surface area contributed by atoms with Crippen LogP contribution < -0.4 is 5.32 Å². The number of tetrazole rings is 1. The quantitative estimate of drug-likeness (QED) is 0.826. The van der Waals surface area contributed by atoms with E-state index in [1.807, 2.05) is 35.0 Å². The van der Waals surface area contributed by atoms with Crippen LogP contribution in [0, 0.1) is 0 Å². The van der Waals surface area contributed by atoms with Gasteiger partial charge in [-0.3, -0.25) is 0 Å². The normalized spacial score (nSPS) is 12.5. The summed E-state index contributed by atoms with van der Waals surface area (Å²) in [5, 5.41) is 15.6. The molecule has 0 aliphatic rings. The molecule has 0 aliphatic carbocycles. The lowest BCUT2D eigenvalue weighted by molar-refractivity contribution is 0.481. The molecule has 0 aliphatic heterocycles. The molecule has 1 N–H and O–H groups in total. The van der Waals surface area contributed by atoms with Gasteiger partial charge in [-0.2, -0.15) is 4.68 Å². The van der Waals surface area contributed by atoms with E-state index >= 15 is 0 Å². The molecule has 0 bridgehead atoms. The molecule has 1 heterocycles. The second-order valence-corrected chi connectivity index (χ2v) is 4.61. The molecule has 0 saturated heterocycles. The van der Waals surface area contributed by atoms with E-state index in [9.17, 15) is 0 Å². The molecule has 19 heavy (non-hydrogen) atoms. The standard InChI is InChI=1S/C14H21N5/c1-3-10-15-12(4-2)11-14-16-17-18-19(14)13-8-6-5-7-9-13/h5-9,12,15H,3-4,10-11H2,1-2H3. The average Bonchev–Trinajstić information content (AvgIpc) is 2.92. The van der Waals surface area contributed by atoms with Gasteiger partial charge in [0.2, 0.25) is 0 Å². The fraction of sp³-hybridized carbons (Fsp3) is 0.500. The molecule has 1 aromatic carbocycles. The van der Waals surface area contributed by atoms with Crippen LogP contribution in [0.15, 0.2) is 30.3 Å². The second kappa shape index (κ2) is 6.99. The molecule has 0 spiro atoms. The van der Waals surface area contributed by atoms with E-state index in [-0.39, 0.29) is 0 Å². The predicted molar refractivity (Wildman–Crippen MR) is 75.2 cm³/mol. The van der Waals surface area contributed by atoms with Crippen LogP contribution in [0.25, 0.3) is 5.69 Å². The highest BCUT2D eigenvalue weighted by atomic mass is 15.5. The zero-order chi connectivity index (χ0) is 13.5. The first-order valence-corrected chi connectivity index (χ1v) is 6.91. The molecule has 102 valence electrons. The molecule has 2 rings (SSSR count). The van der Waals surface area contributed by atoms with Gasteiger partial charge >= 0.3 is 0 Å². The summed E-state index contributed by atoms with van der Waals surface area (Å²) in [6.07, 6.45) is 3.06. The second-order valence-electron chi connectivity index (χ2n) is 4.61. The lowest BCUT2D eigenvalue weighted by Crippen LogP contribution is -2.32. The van der Waals surface area contributed by atoms with Crippen LogP contribution in [0.5, 0.6) is 0 Å². The minimum Gasteiger partial charge on any atom is -0.314 e. The molecule has 0 amide bonds. The van der Waals surface area contributed by atoms with Gasteiger partial charge < -0.3 is 5.32 Å². The Bertz CT molecular complexity index is 480. The third-order valence-corrected chi connectivity index (χ3v) is 3.14. The van der Waals surface area contributed by atoms with Crippen LogP contribution in [0.3, 0.4) is 0 Å². The number of aromatic nitrogens is 4. The number of benzene rings is 1. The molecule has 0 saturated carbocycles. The van der Waals surface area contributed by atoms with Crippen molar-refractivity contribution in [1.82, 2.24) is 25.5 Å². The van der Waals surface area contributed by atoms with Crippen LogP contribution in [0.4, 0.5) is 0 Å². The van der Waals surface area contributed by atoms with E-state index in [0.717, 1.165) is 37.3 Å². The van der Waals surface area contributed by atoms with E-state index in [1.165, 1.54) is 0 Å². The molecule has 5 nitrogen and oxygen atoms in total. The Hall–Kier alpha value is -1.75. The van der Waals surface area contributed by atoms with Gasteiger partial charge in [-0.05, 0) is 41.9 Å². The number of nitrogens with zero attached hydrogens (tertiary/aromatic N) is 4. The Morgan fingerprint density at radius 3 is 2.68 bits per heavy atom. The van der Waals surface area contributed by atoms with Crippen molar-refractivity contribution in [2.45, 2.75) is 39.2 Å². The highest BCUT2D eigenvalue weighted by Crippen LogP contribution is 2.09. The Labute approximate surface area is 114 Å². The Kier molecular flexibility index (Phi) is 5.03. The summed E-state index contributed by atoms with van der Waals surface area (Å²) in [4.78, 5) is 0. The van der Waals surface area contributed by atoms with E-state index < -0.39 is 0 Å². The molecule has 0 fully saturated rings. The molecular formula is C14H21N5. The maximum absolute atomic E-state index is 4.15. The van der Waals surface area contributed by atoms with Crippen molar-refractivity contribution in [1.29, 1.82) is 0 Å². The number of para-hydroxylation sites is 1. The highest BCUT2D eigenvalue weighted by Gasteiger charge is 2.13. The number of nitrogens with one attached hydrogen (secondary N) is 1. The molecule has 1 unspecified atom stereocenters. The van der Waals surface area contributed by atoms with Crippen LogP contribution in [-0.2, 0) is 6.42 Å². The van der Waals surface area contributed by atoms with E-state index in [2.05, 4.69) is 34.7 Å². The number of rotatable bonds is 7. The van der Waals surface area contributed by atoms with Gasteiger partial charge in [0.25, 0.3) is 0 Å². The average molecular weight is 259 g/mol. The first kappa shape index (κ1) is 13.7. The summed E-state index contributed by atoms with van der Waals surface area (Å²) in [6, 6.07) is 10.4. The zero-order valence-corrected chi connectivity index (χ0v) is 11.6. The Morgan fingerprint density at radius 1 is 1.21 bits per heavy atom. The lowest BCUT2D eigenvalue weighted by atomic mass is 10.1. The smallest absolute Gasteiger partial charge is 0.158 e. The maximum atomic E-state index is 4.15. The fourth-order valence-corrected chi connectivity index (χ4v) is 2.03. The van der Waals surface area contributed by atoms with E-state index in [4.69, 9.17) is 0 Å². The van der Waals surface area contributed by atoms with Crippen LogP contribution in [0.2, 0.25) is 0 Å². The van der Waals surface area contributed by atoms with Gasteiger partial charge in [0, 0.05) is 12.5 Å². The van der Waals surface area contributed by atoms with Crippen molar-refractivity contribution < 1.29 is 0 Å². The summed E-state index contributed by atoms with van der Waals surface area (Å²) >= 11 is 0. The summed E-state index contributed by atoms with van der Waals surface area (Å²) in [5.41, 5.74) is 1.01. The van der Waals surface area contributed by atoms with Gasteiger partial charge in [-0.1, -0.05) is 32.0 Å². The summed E-state index contributed by atoms with van der Waals surface area (Å²) in [7, 11) is 0. The van der Waals surface area contributed by atoms with Crippen molar-refractivity contribution in [2.75, 3.05) is 6.54 Å². The third-order valence-electron chi connectivity index (χ3n) is 3.14. The van der Waals surface area contributed by atoms with Crippen molar-refractivity contribution in [3.8, 4) is 5.69 Å². The fourth-order valence-electron chi connectivity index (χ4n) is 2.03. The largest absolute Gasteiger partial charge is 0.314 e. The predicted octanol–water partition coefficient (Wildman–Crippen LogP) is 1.98. The van der Waals surface area contributed by atoms with Gasteiger partial charge in [-0.25, -0.2) is 0 Å². The number of hydrogen-bond donors (Lipinski definition) is 1. The van der Waals surface area contributed by atoms with Gasteiger partial charge in [0.1, 0.15) is 0 Å². The molecule has 2 aromatic rings. The number of hydrogen-bond acceptors (Lipinski definition) is 4. The highest BCUT2D eigenvalue weighted by molar-refractivity contribution is 5.30. The molecule has 1 aromatic heterocycles. The van der Waals surface area contributed by atoms with Gasteiger partial charge in [0.05, 0.1) is 5.69 Å². The summed E-state index contributed by atoms with van der Waals surface area (Å²) < 4.78 is 1.82. The van der Waals surface area contributed by atoms with Crippen molar-refractivity contribution in [3.63, 3.8) is 0 Å². The summed E-state index contributed by atoms with van der Waals surface area (Å²) in [5.74, 6) is 0.904. The van der Waals surface area contributed by atoms with E-state index in [1.54, 1.807) is 0 Å². The van der Waals surface area contributed by atoms with Gasteiger partial charge in [-0.15, -0.1) is 5.10 Å². The Morgan fingerprint density at radius 2 is 2.00 bits per heavy atom. The van der Waals surface area contributed by atoms with Crippen LogP contribution in [0.1, 0.15) is 32.5 Å². The zero-order valence-electron chi connectivity index (χ0n) is 11.6. The minimum atomic E-state index is 0.424. The van der Waals surface area contributed by atoms with E-state index in [0.29, 0.717) is 6.04 Å². The van der Waals surface area contributed by atoms with Crippen molar-refractivity contribution in [2.24, 2.45) is 0 Å². The minimum absolute atomic E-state index is 0.424. The Balaban J connectivity index is 2.11. The lowest BCUT2D eigenvalue weighted by Gasteiger charge is -2.15. The maximum Gasteiger partial charge on any atom is 0.158 e. The SMILES string of the molecule is CCCNC(CC)Cc1nnnn1-c1ccccc1. The van der Waals surface area contributed by atoms with Crippen LogP contribution >= 0.6 is 0 Å². The molecule has 0 radical (unpaired) electrons. The summed E-state index contributed by atoms with van der Waals surface area (Å²) in [6.45, 7) is 5.39. The van der Waals surface area contributed by atoms with Gasteiger partial charge in [0.15, 0.2) is 5.82 Å². The van der Waals surface area contributed by atoms with Crippen LogP contribution in [-0.4, -0.2) is 32.8 Å². The molecular weight excluding hydrogens is 238 g/mol. The first-order chi connectivity index (χ1) is 9.35. The molecule has 1 atom stereocenters. The van der Waals surface area contributed by atoms with Crippen molar-refractivity contribution >= 4 is 0 Å².